The largest absolute Gasteiger partial charge is 0.545 e. The number of aromatic carboxylic acids is 2. The van der Waals surface area contributed by atoms with Crippen LogP contribution in [-0.4, -0.2) is 73.3 Å². The molecule has 454 valence electrons. The first-order valence-corrected chi connectivity index (χ1v) is 35.9. The number of carboxylic acids is 2. The Morgan fingerprint density at radius 2 is 0.423 bits per heavy atom. The molecule has 0 saturated heterocycles. The van der Waals surface area contributed by atoms with Gasteiger partial charge in [0, 0.05) is 9.79 Å². The lowest BCUT2D eigenvalue weighted by molar-refractivity contribution is -0.929. The summed E-state index contributed by atoms with van der Waals surface area (Å²) in [5.41, 5.74) is 0.273. The molecule has 0 amide bonds. The van der Waals surface area contributed by atoms with Gasteiger partial charge in [0.2, 0.25) is 0 Å². The fourth-order valence-electron chi connectivity index (χ4n) is 11.1. The third kappa shape index (κ3) is 43.7. The summed E-state index contributed by atoms with van der Waals surface area (Å²) in [5, 5.41) is 21.2. The van der Waals surface area contributed by atoms with Gasteiger partial charge in [0.15, 0.2) is 0 Å². The van der Waals surface area contributed by atoms with E-state index in [1.54, 1.807) is 24.3 Å². The molecule has 0 spiro atoms. The predicted molar refractivity (Wildman–Crippen MR) is 343 cm³/mol. The molecule has 0 aliphatic carbocycles. The number of carbonyl (C=O) groups excluding carboxylic acids is 2. The molecule has 0 radical (unpaired) electrons. The monoisotopic (exact) mass is 1120 g/mol. The molecule has 6 nitrogen and oxygen atoms in total. The first kappa shape index (κ1) is 76.0. The van der Waals surface area contributed by atoms with Gasteiger partial charge in [0.05, 0.1) is 64.3 Å². The molecule has 0 bridgehead atoms. The molecule has 0 saturated carbocycles. The third-order valence-corrected chi connectivity index (χ3v) is 18.7. The summed E-state index contributed by atoms with van der Waals surface area (Å²) in [6, 6.07) is 12.7. The lowest BCUT2D eigenvalue weighted by Crippen LogP contribution is -2.50. The fraction of sp³-hybridized carbons (Fsp3) is 0.800. The summed E-state index contributed by atoms with van der Waals surface area (Å²) < 4.78 is 2.94. The van der Waals surface area contributed by atoms with Crippen molar-refractivity contribution in [3.8, 4) is 0 Å². The van der Waals surface area contributed by atoms with Crippen LogP contribution in [0.2, 0.25) is 0 Å². The Morgan fingerprint density at radius 3 is 0.564 bits per heavy atom. The zero-order valence-corrected chi connectivity index (χ0v) is 54.5. The normalized spacial score (nSPS) is 11.5. The molecule has 2 aromatic carbocycles. The van der Waals surface area contributed by atoms with E-state index in [0.717, 1.165) is 9.79 Å². The van der Waals surface area contributed by atoms with Crippen LogP contribution in [0.1, 0.15) is 333 Å². The van der Waals surface area contributed by atoms with Crippen molar-refractivity contribution in [2.24, 2.45) is 0 Å². The molecule has 0 aliphatic rings. The third-order valence-electron chi connectivity index (χ3n) is 16.3. The second-order valence-corrected chi connectivity index (χ2v) is 25.9. The molecular formula is C70H128N2O4S2. The van der Waals surface area contributed by atoms with Crippen LogP contribution in [-0.2, 0) is 0 Å². The van der Waals surface area contributed by atoms with Gasteiger partial charge < -0.3 is 28.8 Å². The summed E-state index contributed by atoms with van der Waals surface area (Å²) in [6.45, 7) is 30.5. The summed E-state index contributed by atoms with van der Waals surface area (Å²) in [7, 11) is 2.90. The Bertz CT molecular complexity index is 1350. The Morgan fingerprint density at radius 1 is 0.269 bits per heavy atom. The Hall–Kier alpha value is -2.00. The van der Waals surface area contributed by atoms with Crippen LogP contribution in [0.3, 0.4) is 0 Å². The molecule has 0 N–H and O–H groups in total. The van der Waals surface area contributed by atoms with E-state index in [4.69, 9.17) is 0 Å². The second kappa shape index (κ2) is 55.5. The van der Waals surface area contributed by atoms with E-state index in [9.17, 15) is 19.8 Å². The molecular weight excluding hydrogens is 997 g/mol. The highest BCUT2D eigenvalue weighted by atomic mass is 33.1. The van der Waals surface area contributed by atoms with Crippen molar-refractivity contribution in [3.63, 3.8) is 0 Å². The van der Waals surface area contributed by atoms with Crippen molar-refractivity contribution in [2.75, 3.05) is 52.4 Å². The summed E-state index contributed by atoms with van der Waals surface area (Å²) in [6.07, 6.45) is 57.6. The molecule has 2 aromatic rings. The number of unbranched alkanes of at least 4 members (excludes halogenated alkanes) is 32. The predicted octanol–water partition coefficient (Wildman–Crippen LogP) is 20.6. The molecule has 8 heteroatoms. The first-order valence-electron chi connectivity index (χ1n) is 33.7. The number of hydrogen-bond donors (Lipinski definition) is 0. The van der Waals surface area contributed by atoms with Crippen molar-refractivity contribution in [1.29, 1.82) is 0 Å². The van der Waals surface area contributed by atoms with Crippen LogP contribution in [0, 0.1) is 0 Å². The number of hydrogen-bond acceptors (Lipinski definition) is 6. The number of rotatable bonds is 53. The second-order valence-electron chi connectivity index (χ2n) is 23.6. The van der Waals surface area contributed by atoms with E-state index in [1.807, 2.05) is 0 Å². The quantitative estimate of drug-likeness (QED) is 0.0373. The standard InChI is InChI=1S/2C28H60N.C14H10O4S2/c2*1-5-9-13-17-21-25-29(26-22-18-14-10-6-2,27-23-19-15-11-7-3)28-24-20-16-12-8-4;15-13(16)9-1-5-11(6-2-9)19-20-12-7-3-10(4-8-12)14(17)18/h2*5-28H2,1-4H3;1-8H,(H,15,16)(H,17,18)/q2*+1;/p-2. The zero-order valence-electron chi connectivity index (χ0n) is 52.9. The summed E-state index contributed by atoms with van der Waals surface area (Å²) >= 11 is 0. The summed E-state index contributed by atoms with van der Waals surface area (Å²) in [4.78, 5) is 23.0. The van der Waals surface area contributed by atoms with Crippen LogP contribution in [0.15, 0.2) is 58.3 Å². The highest BCUT2D eigenvalue weighted by Gasteiger charge is 2.27. The molecule has 0 unspecified atom stereocenters. The van der Waals surface area contributed by atoms with Crippen molar-refractivity contribution in [3.05, 3.63) is 59.7 Å². The van der Waals surface area contributed by atoms with Crippen LogP contribution in [0.4, 0.5) is 0 Å². The van der Waals surface area contributed by atoms with Crippen LogP contribution >= 0.6 is 21.6 Å². The van der Waals surface area contributed by atoms with Crippen molar-refractivity contribution in [2.45, 2.75) is 322 Å². The number of quaternary nitrogens is 2. The maximum absolute atomic E-state index is 10.6. The smallest absolute Gasteiger partial charge is 0.0786 e. The van der Waals surface area contributed by atoms with Crippen molar-refractivity contribution < 1.29 is 28.8 Å². The fourth-order valence-corrected chi connectivity index (χ4v) is 13.1. The topological polar surface area (TPSA) is 80.3 Å². The van der Waals surface area contributed by atoms with Gasteiger partial charge in [-0.05, 0) is 138 Å². The van der Waals surface area contributed by atoms with E-state index in [2.05, 4.69) is 55.4 Å². The average Bonchev–Trinajstić information content (AvgIpc) is 3.44. The highest BCUT2D eigenvalue weighted by molar-refractivity contribution is 8.76. The molecule has 78 heavy (non-hydrogen) atoms. The number of benzene rings is 2. The number of carbonyl (C=O) groups is 2. The van der Waals surface area contributed by atoms with Gasteiger partial charge in [0.25, 0.3) is 0 Å². The van der Waals surface area contributed by atoms with Crippen LogP contribution in [0.25, 0.3) is 0 Å². The van der Waals surface area contributed by atoms with Crippen molar-refractivity contribution >= 4 is 33.5 Å². The molecule has 0 aliphatic heterocycles. The molecule has 0 atom stereocenters. The minimum Gasteiger partial charge on any atom is -0.545 e. The minimum absolute atomic E-state index is 0.137. The lowest BCUT2D eigenvalue weighted by Gasteiger charge is -2.40. The number of carboxylic acid groups (broad SMARTS) is 2. The van der Waals surface area contributed by atoms with E-state index < -0.39 is 11.9 Å². The Labute approximate surface area is 493 Å². The average molecular weight is 1130 g/mol. The van der Waals surface area contributed by atoms with Gasteiger partial charge in [-0.2, -0.15) is 0 Å². The van der Waals surface area contributed by atoms with E-state index >= 15 is 0 Å². The lowest BCUT2D eigenvalue weighted by atomic mass is 10.1. The maximum atomic E-state index is 10.6. The summed E-state index contributed by atoms with van der Waals surface area (Å²) in [5.74, 6) is -2.40. The Kier molecular flexibility index (Phi) is 54.1. The van der Waals surface area contributed by atoms with Crippen LogP contribution < -0.4 is 10.2 Å². The van der Waals surface area contributed by atoms with Gasteiger partial charge in [-0.3, -0.25) is 0 Å². The molecule has 0 heterocycles. The highest BCUT2D eigenvalue weighted by Crippen LogP contribution is 2.37. The van der Waals surface area contributed by atoms with Gasteiger partial charge in [0.1, 0.15) is 0 Å². The maximum Gasteiger partial charge on any atom is 0.0786 e. The zero-order chi connectivity index (χ0) is 57.5. The van der Waals surface area contributed by atoms with Crippen molar-refractivity contribution in [1.82, 2.24) is 0 Å². The van der Waals surface area contributed by atoms with Gasteiger partial charge in [-0.1, -0.05) is 255 Å². The molecule has 0 aromatic heterocycles. The first-order chi connectivity index (χ1) is 38.0. The van der Waals surface area contributed by atoms with Gasteiger partial charge >= 0.3 is 0 Å². The van der Waals surface area contributed by atoms with E-state index in [0.29, 0.717) is 0 Å². The van der Waals surface area contributed by atoms with Gasteiger partial charge in [-0.15, -0.1) is 0 Å². The van der Waals surface area contributed by atoms with E-state index in [1.165, 1.54) is 364 Å². The SMILES string of the molecule is CCCCCCC[N+](CCCCCCC)(CCCCCCC)CCCCCCC.CCCCCCC[N+](CCCCCCC)(CCCCCCC)CCCCCCC.O=C([O-])c1ccc(SSc2ccc(C(=O)[O-])cc2)cc1. The molecule has 2 rings (SSSR count). The number of nitrogens with zero attached hydrogens (tertiary/aromatic N) is 2. The Balaban J connectivity index is 0.00000116. The minimum atomic E-state index is -1.20. The van der Waals surface area contributed by atoms with Crippen LogP contribution in [0.5, 0.6) is 0 Å². The van der Waals surface area contributed by atoms with Gasteiger partial charge in [-0.25, -0.2) is 0 Å². The molecule has 0 fully saturated rings. The van der Waals surface area contributed by atoms with E-state index in [-0.39, 0.29) is 11.1 Å².